The Labute approximate surface area is 153 Å². The molecule has 0 aliphatic carbocycles. The molecule has 0 spiro atoms. The molecule has 0 bridgehead atoms. The highest BCUT2D eigenvalue weighted by Crippen LogP contribution is 2.17. The van der Waals surface area contributed by atoms with Crippen LogP contribution < -0.4 is 10.6 Å². The molecule has 9 heteroatoms. The Hall–Kier alpha value is -3.00. The minimum Gasteiger partial charge on any atom is -0.311 e. The normalized spacial score (nSPS) is 10.7. The summed E-state index contributed by atoms with van der Waals surface area (Å²) in [6, 6.07) is 12.2. The van der Waals surface area contributed by atoms with Crippen LogP contribution in [0.2, 0.25) is 5.02 Å². The van der Waals surface area contributed by atoms with Gasteiger partial charge in [-0.3, -0.25) is 4.79 Å². The zero-order valence-electron chi connectivity index (χ0n) is 13.8. The first-order valence-corrected chi connectivity index (χ1v) is 8.22. The van der Waals surface area contributed by atoms with E-state index in [1.54, 1.807) is 31.2 Å². The second-order valence-electron chi connectivity index (χ2n) is 5.40. The molecule has 3 rings (SSSR count). The number of halogens is 2. The zero-order chi connectivity index (χ0) is 18.7. The maximum absolute atomic E-state index is 13.1. The topological polar surface area (TPSA) is 73.0 Å². The Balaban J connectivity index is 1.85. The number of nitrogens with zero attached hydrogens (tertiary/aromatic N) is 5. The predicted octanol–water partition coefficient (Wildman–Crippen LogP) is 2.27. The van der Waals surface area contributed by atoms with Gasteiger partial charge in [-0.25, -0.2) is 9.18 Å². The fraction of sp³-hybridized carbons (Fsp3) is 0.176. The number of hydrogen-bond acceptors (Lipinski definition) is 4. The van der Waals surface area contributed by atoms with Gasteiger partial charge in [0, 0.05) is 12.2 Å². The van der Waals surface area contributed by atoms with Crippen LogP contribution in [0, 0.1) is 5.82 Å². The number of amides is 1. The number of carbonyl (C=O) groups excluding carboxylic acids is 1. The van der Waals surface area contributed by atoms with E-state index in [2.05, 4.69) is 10.4 Å². The summed E-state index contributed by atoms with van der Waals surface area (Å²) in [6.07, 6.45) is 0. The largest absolute Gasteiger partial charge is 0.369 e. The second-order valence-corrected chi connectivity index (χ2v) is 5.80. The molecule has 0 N–H and O–H groups in total. The zero-order valence-corrected chi connectivity index (χ0v) is 14.6. The molecular formula is C17H15ClFN5O2. The molecule has 0 unspecified atom stereocenters. The average Bonchev–Trinajstić information content (AvgIpc) is 2.98. The van der Waals surface area contributed by atoms with Gasteiger partial charge in [-0.1, -0.05) is 23.7 Å². The van der Waals surface area contributed by atoms with Crippen molar-refractivity contribution in [2.75, 3.05) is 11.4 Å². The Bertz CT molecular complexity index is 983. The number of para-hydroxylation sites is 1. The van der Waals surface area contributed by atoms with E-state index in [4.69, 9.17) is 11.6 Å². The molecule has 0 fully saturated rings. The number of tetrazole rings is 1. The summed E-state index contributed by atoms with van der Waals surface area (Å²) in [5, 5.41) is 7.87. The lowest BCUT2D eigenvalue weighted by Gasteiger charge is -2.20. The number of aromatic nitrogens is 4. The van der Waals surface area contributed by atoms with Crippen molar-refractivity contribution >= 4 is 23.2 Å². The first kappa shape index (κ1) is 17.8. The molecule has 0 atom stereocenters. The lowest BCUT2D eigenvalue weighted by atomic mass is 10.2. The molecule has 1 aromatic heterocycles. The third-order valence-corrected chi connectivity index (χ3v) is 4.08. The van der Waals surface area contributed by atoms with Crippen LogP contribution in [0.4, 0.5) is 10.1 Å². The highest BCUT2D eigenvalue weighted by atomic mass is 35.5. The predicted molar refractivity (Wildman–Crippen MR) is 95.1 cm³/mol. The monoisotopic (exact) mass is 375 g/mol. The van der Waals surface area contributed by atoms with Crippen molar-refractivity contribution in [3.8, 4) is 5.69 Å². The Morgan fingerprint density at radius 3 is 2.50 bits per heavy atom. The van der Waals surface area contributed by atoms with Crippen LogP contribution in [-0.4, -0.2) is 32.2 Å². The quantitative estimate of drug-likeness (QED) is 0.685. The highest BCUT2D eigenvalue weighted by Gasteiger charge is 2.18. The molecule has 1 heterocycles. The average molecular weight is 376 g/mol. The van der Waals surface area contributed by atoms with Crippen LogP contribution in [-0.2, 0) is 11.3 Å². The summed E-state index contributed by atoms with van der Waals surface area (Å²) in [4.78, 5) is 26.5. The summed E-state index contributed by atoms with van der Waals surface area (Å²) in [6.45, 7) is 1.84. The van der Waals surface area contributed by atoms with Gasteiger partial charge in [-0.05, 0) is 53.7 Å². The van der Waals surface area contributed by atoms with Crippen LogP contribution >= 0.6 is 11.6 Å². The molecule has 26 heavy (non-hydrogen) atoms. The summed E-state index contributed by atoms with van der Waals surface area (Å²) in [5.41, 5.74) is 0.329. The lowest BCUT2D eigenvalue weighted by Crippen LogP contribution is -2.37. The molecule has 0 aliphatic heterocycles. The molecular weight excluding hydrogens is 361 g/mol. The molecule has 3 aromatic rings. The summed E-state index contributed by atoms with van der Waals surface area (Å²) in [5.74, 6) is -0.761. The van der Waals surface area contributed by atoms with Crippen LogP contribution in [0.5, 0.6) is 0 Å². The summed E-state index contributed by atoms with van der Waals surface area (Å²) < 4.78 is 15.1. The Kier molecular flexibility index (Phi) is 5.13. The van der Waals surface area contributed by atoms with Crippen LogP contribution in [0.3, 0.4) is 0 Å². The van der Waals surface area contributed by atoms with Crippen molar-refractivity contribution in [1.82, 2.24) is 19.8 Å². The molecule has 0 radical (unpaired) electrons. The molecule has 1 amide bonds. The maximum atomic E-state index is 13.1. The first-order valence-electron chi connectivity index (χ1n) is 7.85. The van der Waals surface area contributed by atoms with Gasteiger partial charge >= 0.3 is 5.69 Å². The van der Waals surface area contributed by atoms with Crippen LogP contribution in [0.25, 0.3) is 5.69 Å². The molecule has 134 valence electrons. The van der Waals surface area contributed by atoms with E-state index in [1.165, 1.54) is 29.2 Å². The fourth-order valence-electron chi connectivity index (χ4n) is 2.49. The SMILES string of the molecule is CCN(C(=O)Cn1nnn(-c2ccccc2Cl)c1=O)c1ccc(F)cc1. The maximum Gasteiger partial charge on any atom is 0.369 e. The molecule has 0 saturated heterocycles. The van der Waals surface area contributed by atoms with E-state index < -0.39 is 11.5 Å². The Morgan fingerprint density at radius 2 is 1.85 bits per heavy atom. The van der Waals surface area contributed by atoms with Gasteiger partial charge < -0.3 is 4.90 Å². The van der Waals surface area contributed by atoms with Crippen molar-refractivity contribution in [1.29, 1.82) is 0 Å². The number of anilines is 1. The molecule has 2 aromatic carbocycles. The Morgan fingerprint density at radius 1 is 1.15 bits per heavy atom. The minimum atomic E-state index is -0.582. The van der Waals surface area contributed by atoms with Crippen molar-refractivity contribution < 1.29 is 9.18 Å². The van der Waals surface area contributed by atoms with Gasteiger partial charge in [-0.2, -0.15) is 9.36 Å². The van der Waals surface area contributed by atoms with Gasteiger partial charge in [0.15, 0.2) is 0 Å². The van der Waals surface area contributed by atoms with Gasteiger partial charge in [0.25, 0.3) is 0 Å². The third kappa shape index (κ3) is 3.50. The number of benzene rings is 2. The fourth-order valence-corrected chi connectivity index (χ4v) is 2.70. The van der Waals surface area contributed by atoms with Crippen molar-refractivity contribution in [3.63, 3.8) is 0 Å². The lowest BCUT2D eigenvalue weighted by molar-refractivity contribution is -0.119. The second kappa shape index (κ2) is 7.49. The number of likely N-dealkylation sites (N-methyl/N-ethyl adjacent to an activating group) is 1. The summed E-state index contributed by atoms with van der Waals surface area (Å²) >= 11 is 6.07. The molecule has 7 nitrogen and oxygen atoms in total. The van der Waals surface area contributed by atoms with E-state index >= 15 is 0 Å². The first-order chi connectivity index (χ1) is 12.5. The molecule has 0 saturated carbocycles. The van der Waals surface area contributed by atoms with Gasteiger partial charge in [0.2, 0.25) is 5.91 Å². The van der Waals surface area contributed by atoms with Crippen LogP contribution in [0.15, 0.2) is 53.3 Å². The van der Waals surface area contributed by atoms with Gasteiger partial charge in [-0.15, -0.1) is 0 Å². The highest BCUT2D eigenvalue weighted by molar-refractivity contribution is 6.32. The standard InChI is InChI=1S/C17H15ClFN5O2/c1-2-22(13-9-7-12(19)8-10-13)16(25)11-23-17(26)24(21-20-23)15-6-4-3-5-14(15)18/h3-10H,2,11H2,1H3. The van der Waals surface area contributed by atoms with Crippen molar-refractivity contribution in [2.45, 2.75) is 13.5 Å². The van der Waals surface area contributed by atoms with E-state index in [9.17, 15) is 14.0 Å². The van der Waals surface area contributed by atoms with Crippen molar-refractivity contribution in [2.24, 2.45) is 0 Å². The van der Waals surface area contributed by atoms with Crippen molar-refractivity contribution in [3.05, 3.63) is 69.9 Å². The van der Waals surface area contributed by atoms with E-state index in [0.29, 0.717) is 22.9 Å². The minimum absolute atomic E-state index is 0.297. The van der Waals surface area contributed by atoms with Gasteiger partial charge in [0.05, 0.1) is 10.7 Å². The number of hydrogen-bond donors (Lipinski definition) is 0. The van der Waals surface area contributed by atoms with E-state index in [-0.39, 0.29) is 12.5 Å². The van der Waals surface area contributed by atoms with Crippen LogP contribution in [0.1, 0.15) is 6.92 Å². The third-order valence-electron chi connectivity index (χ3n) is 3.76. The number of rotatable bonds is 5. The van der Waals surface area contributed by atoms with Gasteiger partial charge in [0.1, 0.15) is 12.4 Å². The summed E-state index contributed by atoms with van der Waals surface area (Å²) in [7, 11) is 0. The number of carbonyl (C=O) groups is 1. The molecule has 0 aliphatic rings. The van der Waals surface area contributed by atoms with E-state index in [0.717, 1.165) is 9.36 Å². The van der Waals surface area contributed by atoms with E-state index in [1.807, 2.05) is 0 Å². The smallest absolute Gasteiger partial charge is 0.311 e.